The Hall–Kier alpha value is -0.170. The number of thiazole rings is 1. The molecule has 1 aromatic heterocycles. The van der Waals surface area contributed by atoms with Gasteiger partial charge in [-0.05, 0) is 13.8 Å². The molecule has 0 aliphatic heterocycles. The van der Waals surface area contributed by atoms with Gasteiger partial charge in [0.1, 0.15) is 3.42 Å². The summed E-state index contributed by atoms with van der Waals surface area (Å²) in [6, 6.07) is 0. The lowest BCUT2D eigenvalue weighted by molar-refractivity contribution is -0.118. The normalized spacial score (nSPS) is 15.6. The maximum atomic E-state index is 11.1. The quantitative estimate of drug-likeness (QED) is 0.668. The number of nitrogens with zero attached hydrogens (tertiary/aromatic N) is 1. The first kappa shape index (κ1) is 9.91. The maximum Gasteiger partial charge on any atom is 0.180 e. The van der Waals surface area contributed by atoms with Crippen LogP contribution in [0.25, 0.3) is 0 Å². The lowest BCUT2D eigenvalue weighted by Crippen LogP contribution is -2.23. The largest absolute Gasteiger partial charge is 0.375 e. The van der Waals surface area contributed by atoms with Crippen LogP contribution < -0.4 is 5.73 Å². The average Bonchev–Trinajstić information content (AvgIpc) is 2.35. The lowest BCUT2D eigenvalue weighted by Gasteiger charge is -2.15. The summed E-state index contributed by atoms with van der Waals surface area (Å²) in [6.45, 7) is 5.27. The molecule has 2 N–H and O–H groups in total. The Morgan fingerprint density at radius 3 is 2.83 bits per heavy atom. The van der Waals surface area contributed by atoms with Gasteiger partial charge in [-0.15, -0.1) is 11.3 Å². The molecule has 0 aromatic carbocycles. The van der Waals surface area contributed by atoms with Gasteiger partial charge in [-0.25, -0.2) is 4.98 Å². The van der Waals surface area contributed by atoms with Gasteiger partial charge in [-0.2, -0.15) is 0 Å². The Kier molecular flexibility index (Phi) is 2.72. The van der Waals surface area contributed by atoms with E-state index in [1.165, 1.54) is 18.3 Å². The molecule has 0 bridgehead atoms. The highest BCUT2D eigenvalue weighted by Gasteiger charge is 2.30. The Labute approximate surface area is 88.5 Å². The summed E-state index contributed by atoms with van der Waals surface area (Å²) in [4.78, 5) is 15.1. The molecule has 0 spiro atoms. The Morgan fingerprint density at radius 1 is 1.92 bits per heavy atom. The molecule has 0 saturated heterocycles. The number of nitrogen functional groups attached to an aromatic ring is 1. The average molecular weight is 295 g/mol. The molecule has 65 valence electrons. The summed E-state index contributed by atoms with van der Waals surface area (Å²) >= 11 is 3.29. The summed E-state index contributed by atoms with van der Waals surface area (Å²) in [5.41, 5.74) is 6.08. The van der Waals surface area contributed by atoms with E-state index < -0.39 is 3.42 Å². The van der Waals surface area contributed by atoms with Gasteiger partial charge in [0.2, 0.25) is 0 Å². The van der Waals surface area contributed by atoms with Crippen LogP contribution in [0.1, 0.15) is 12.6 Å². The second kappa shape index (κ2) is 3.29. The van der Waals surface area contributed by atoms with Crippen LogP contribution in [0.15, 0.2) is 5.38 Å². The fraction of sp³-hybridized carbons (Fsp3) is 0.286. The molecular formula is C7H8IN2OS. The van der Waals surface area contributed by atoms with Gasteiger partial charge < -0.3 is 5.73 Å². The van der Waals surface area contributed by atoms with Crippen LogP contribution in [-0.4, -0.2) is 10.8 Å². The summed E-state index contributed by atoms with van der Waals surface area (Å²) < 4.78 is -0.786. The van der Waals surface area contributed by atoms with Crippen LogP contribution in [0, 0.1) is 6.92 Å². The van der Waals surface area contributed by atoms with Gasteiger partial charge in [0.25, 0.3) is 0 Å². The molecule has 1 aromatic rings. The van der Waals surface area contributed by atoms with Crippen molar-refractivity contribution in [3.8, 4) is 0 Å². The highest BCUT2D eigenvalue weighted by Crippen LogP contribution is 2.33. The number of carbonyl (C=O) groups excluding carboxylic acids is 1. The summed E-state index contributed by atoms with van der Waals surface area (Å²) in [6.07, 6.45) is 0. The van der Waals surface area contributed by atoms with Crippen molar-refractivity contribution < 1.29 is 4.79 Å². The predicted molar refractivity (Wildman–Crippen MR) is 58.3 cm³/mol. The van der Waals surface area contributed by atoms with Crippen LogP contribution in [0.5, 0.6) is 0 Å². The molecule has 0 fully saturated rings. The fourth-order valence-electron chi connectivity index (χ4n) is 0.650. The fourth-order valence-corrected chi connectivity index (χ4v) is 1.77. The van der Waals surface area contributed by atoms with E-state index >= 15 is 0 Å². The minimum atomic E-state index is -0.786. The molecule has 0 amide bonds. The Morgan fingerprint density at radius 2 is 2.50 bits per heavy atom. The standard InChI is InChI=1S/C7H8IN2OS/c1-4(11)7(2,8)5-3-12-6(9)10-5/h3H,2H2,1H3,(H2,9,10). The lowest BCUT2D eigenvalue weighted by atomic mass is 10.1. The molecule has 1 radical (unpaired) electrons. The van der Waals surface area contributed by atoms with E-state index in [9.17, 15) is 4.79 Å². The molecule has 0 saturated carbocycles. The van der Waals surface area contributed by atoms with Crippen LogP contribution in [0.2, 0.25) is 0 Å². The minimum absolute atomic E-state index is 0.0200. The van der Waals surface area contributed by atoms with Crippen LogP contribution >= 0.6 is 33.9 Å². The zero-order chi connectivity index (χ0) is 9.35. The van der Waals surface area contributed by atoms with E-state index in [0.717, 1.165) is 0 Å². The molecule has 0 aliphatic carbocycles. The third kappa shape index (κ3) is 1.77. The van der Waals surface area contributed by atoms with Gasteiger partial charge in [0.15, 0.2) is 10.9 Å². The number of alkyl halides is 1. The maximum absolute atomic E-state index is 11.1. The van der Waals surface area contributed by atoms with Crippen LogP contribution in [-0.2, 0) is 8.22 Å². The first-order valence-corrected chi connectivity index (χ1v) is 5.17. The number of ketones is 1. The number of anilines is 1. The third-order valence-electron chi connectivity index (χ3n) is 1.49. The van der Waals surface area contributed by atoms with Crippen molar-refractivity contribution in [2.75, 3.05) is 5.73 Å². The molecule has 1 atom stereocenters. The molecule has 1 heterocycles. The van der Waals surface area contributed by atoms with Crippen molar-refractivity contribution in [3.63, 3.8) is 0 Å². The molecule has 1 rings (SSSR count). The van der Waals surface area contributed by atoms with Crippen LogP contribution in [0.4, 0.5) is 5.13 Å². The number of aromatic nitrogens is 1. The molecule has 1 unspecified atom stereocenters. The summed E-state index contributed by atoms with van der Waals surface area (Å²) in [5, 5.41) is 2.23. The van der Waals surface area contributed by atoms with Crippen LogP contribution in [0.3, 0.4) is 0 Å². The SMILES string of the molecule is [CH2]C(I)(C(C)=O)c1csc(N)n1. The molecule has 12 heavy (non-hydrogen) atoms. The van der Waals surface area contributed by atoms with Crippen molar-refractivity contribution in [2.24, 2.45) is 0 Å². The highest BCUT2D eigenvalue weighted by molar-refractivity contribution is 14.1. The van der Waals surface area contributed by atoms with Gasteiger partial charge in [-0.3, -0.25) is 4.79 Å². The number of hydrogen-bond acceptors (Lipinski definition) is 4. The zero-order valence-corrected chi connectivity index (χ0v) is 9.48. The smallest absolute Gasteiger partial charge is 0.180 e. The molecular weight excluding hydrogens is 287 g/mol. The van der Waals surface area contributed by atoms with Crippen molar-refractivity contribution in [2.45, 2.75) is 10.3 Å². The first-order valence-electron chi connectivity index (χ1n) is 3.21. The molecule has 3 nitrogen and oxygen atoms in total. The number of Topliss-reactive ketones (excluding diaryl/α,β-unsaturated/α-hetero) is 1. The van der Waals surface area contributed by atoms with Crippen molar-refractivity contribution >= 4 is 44.8 Å². The second-order valence-corrected chi connectivity index (χ2v) is 5.16. The zero-order valence-electron chi connectivity index (χ0n) is 6.50. The predicted octanol–water partition coefficient (Wildman–Crippen LogP) is 1.78. The Bertz CT molecular complexity index is 308. The summed E-state index contributed by atoms with van der Waals surface area (Å²) in [5.74, 6) is -0.0200. The monoisotopic (exact) mass is 295 g/mol. The molecule has 0 aliphatic rings. The van der Waals surface area contributed by atoms with Gasteiger partial charge in [-0.1, -0.05) is 22.6 Å². The van der Waals surface area contributed by atoms with Crippen molar-refractivity contribution in [1.29, 1.82) is 0 Å². The summed E-state index contributed by atoms with van der Waals surface area (Å²) in [7, 11) is 0. The number of hydrogen-bond donors (Lipinski definition) is 1. The van der Waals surface area contributed by atoms with Crippen molar-refractivity contribution in [1.82, 2.24) is 4.98 Å². The van der Waals surface area contributed by atoms with Crippen molar-refractivity contribution in [3.05, 3.63) is 18.0 Å². The first-order chi connectivity index (χ1) is 5.44. The van der Waals surface area contributed by atoms with E-state index in [-0.39, 0.29) is 5.78 Å². The molecule has 5 heteroatoms. The van der Waals surface area contributed by atoms with Gasteiger partial charge >= 0.3 is 0 Å². The van der Waals surface area contributed by atoms with Gasteiger partial charge in [0, 0.05) is 5.38 Å². The van der Waals surface area contributed by atoms with E-state index in [2.05, 4.69) is 11.9 Å². The minimum Gasteiger partial charge on any atom is -0.375 e. The van der Waals surface area contributed by atoms with Gasteiger partial charge in [0.05, 0.1) is 5.69 Å². The topological polar surface area (TPSA) is 56.0 Å². The highest BCUT2D eigenvalue weighted by atomic mass is 127. The van der Waals surface area contributed by atoms with E-state index in [1.807, 2.05) is 22.6 Å². The second-order valence-electron chi connectivity index (χ2n) is 2.43. The third-order valence-corrected chi connectivity index (χ3v) is 3.47. The number of rotatable bonds is 2. The number of nitrogens with two attached hydrogens (primary N) is 1. The van der Waals surface area contributed by atoms with E-state index in [4.69, 9.17) is 5.73 Å². The van der Waals surface area contributed by atoms with E-state index in [1.54, 1.807) is 5.38 Å². The number of halogens is 1. The number of carbonyl (C=O) groups is 1. The van der Waals surface area contributed by atoms with E-state index in [0.29, 0.717) is 10.8 Å². The Balaban J connectivity index is 3.05.